The number of rotatable bonds is 7. The molecule has 3 aromatic rings. The highest BCUT2D eigenvalue weighted by Gasteiger charge is 2.20. The van der Waals surface area contributed by atoms with Gasteiger partial charge < -0.3 is 14.8 Å². The summed E-state index contributed by atoms with van der Waals surface area (Å²) in [5, 5.41) is 4.14. The molecule has 0 amide bonds. The Morgan fingerprint density at radius 3 is 2.65 bits per heavy atom. The molecule has 0 aliphatic heterocycles. The summed E-state index contributed by atoms with van der Waals surface area (Å²) in [6.45, 7) is 6.80. The molecule has 1 N–H and O–H groups in total. The number of thiophene rings is 1. The molecule has 2 aromatic heterocycles. The van der Waals surface area contributed by atoms with Crippen LogP contribution in [0, 0.1) is 6.92 Å². The van der Waals surface area contributed by atoms with E-state index in [1.165, 1.54) is 17.7 Å². The zero-order chi connectivity index (χ0) is 18.5. The molecule has 7 heteroatoms. The number of anilines is 2. The van der Waals surface area contributed by atoms with Gasteiger partial charge in [0.1, 0.15) is 27.6 Å². The van der Waals surface area contributed by atoms with Crippen LogP contribution in [0.25, 0.3) is 10.2 Å². The summed E-state index contributed by atoms with van der Waals surface area (Å²) in [5.41, 5.74) is 1.71. The normalized spacial score (nSPS) is 10.7. The van der Waals surface area contributed by atoms with Crippen molar-refractivity contribution in [1.29, 1.82) is 0 Å². The van der Waals surface area contributed by atoms with Gasteiger partial charge >= 0.3 is 5.97 Å². The predicted molar refractivity (Wildman–Crippen MR) is 104 cm³/mol. The maximum absolute atomic E-state index is 12.1. The number of esters is 1. The maximum atomic E-state index is 12.1. The van der Waals surface area contributed by atoms with E-state index in [4.69, 9.17) is 9.47 Å². The molecule has 26 heavy (non-hydrogen) atoms. The second-order valence-electron chi connectivity index (χ2n) is 5.68. The topological polar surface area (TPSA) is 73.3 Å². The lowest BCUT2D eigenvalue weighted by atomic mass is 10.2. The van der Waals surface area contributed by atoms with Gasteiger partial charge in [-0.2, -0.15) is 0 Å². The standard InChI is InChI=1S/C19H21N3O3S/c1-4-10-25-14-8-6-13(7-9-14)22-17-15-12(3)16(19(23)24-5-2)26-18(15)21-11-20-17/h6-9,11H,4-5,10H2,1-3H3,(H,20,21,22). The van der Waals surface area contributed by atoms with E-state index < -0.39 is 0 Å². The summed E-state index contributed by atoms with van der Waals surface area (Å²) in [4.78, 5) is 22.1. The Morgan fingerprint density at radius 2 is 1.96 bits per heavy atom. The summed E-state index contributed by atoms with van der Waals surface area (Å²) >= 11 is 1.32. The third-order valence-corrected chi connectivity index (χ3v) is 4.96. The van der Waals surface area contributed by atoms with Gasteiger partial charge in [0, 0.05) is 5.69 Å². The van der Waals surface area contributed by atoms with Gasteiger partial charge in [-0.05, 0) is 50.1 Å². The largest absolute Gasteiger partial charge is 0.494 e. The number of carbonyl (C=O) groups is 1. The first kappa shape index (κ1) is 18.1. The SMILES string of the molecule is CCCOc1ccc(Nc2ncnc3sc(C(=O)OCC)c(C)c23)cc1. The van der Waals surface area contributed by atoms with Crippen molar-refractivity contribution in [2.24, 2.45) is 0 Å². The van der Waals surface area contributed by atoms with Crippen molar-refractivity contribution < 1.29 is 14.3 Å². The fourth-order valence-electron chi connectivity index (χ4n) is 2.55. The lowest BCUT2D eigenvalue weighted by Crippen LogP contribution is -2.03. The minimum absolute atomic E-state index is 0.323. The van der Waals surface area contributed by atoms with E-state index in [1.54, 1.807) is 6.92 Å². The number of nitrogens with zero attached hydrogens (tertiary/aromatic N) is 2. The lowest BCUT2D eigenvalue weighted by molar-refractivity contribution is 0.0531. The van der Waals surface area contributed by atoms with E-state index in [0.717, 1.165) is 33.6 Å². The van der Waals surface area contributed by atoms with Crippen molar-refractivity contribution in [3.8, 4) is 5.75 Å². The van der Waals surface area contributed by atoms with E-state index in [1.807, 2.05) is 31.2 Å². The van der Waals surface area contributed by atoms with Gasteiger partial charge in [0.25, 0.3) is 0 Å². The molecular formula is C19H21N3O3S. The van der Waals surface area contributed by atoms with Gasteiger partial charge in [-0.3, -0.25) is 0 Å². The van der Waals surface area contributed by atoms with Crippen LogP contribution >= 0.6 is 11.3 Å². The number of hydrogen-bond donors (Lipinski definition) is 1. The minimum Gasteiger partial charge on any atom is -0.494 e. The summed E-state index contributed by atoms with van der Waals surface area (Å²) in [7, 11) is 0. The summed E-state index contributed by atoms with van der Waals surface area (Å²) in [6.07, 6.45) is 2.47. The molecule has 0 saturated heterocycles. The molecule has 3 rings (SSSR count). The van der Waals surface area contributed by atoms with Crippen molar-refractivity contribution in [2.45, 2.75) is 27.2 Å². The predicted octanol–water partition coefficient (Wildman–Crippen LogP) is 4.71. The Bertz CT molecular complexity index is 906. The quantitative estimate of drug-likeness (QED) is 0.607. The lowest BCUT2D eigenvalue weighted by Gasteiger charge is -2.09. The molecule has 0 aliphatic carbocycles. The monoisotopic (exact) mass is 371 g/mol. The van der Waals surface area contributed by atoms with Gasteiger partial charge in [-0.1, -0.05) is 6.92 Å². The summed E-state index contributed by atoms with van der Waals surface area (Å²) in [6, 6.07) is 7.71. The van der Waals surface area contributed by atoms with Crippen molar-refractivity contribution in [2.75, 3.05) is 18.5 Å². The van der Waals surface area contributed by atoms with Crippen molar-refractivity contribution in [1.82, 2.24) is 9.97 Å². The van der Waals surface area contributed by atoms with Crippen molar-refractivity contribution in [3.63, 3.8) is 0 Å². The van der Waals surface area contributed by atoms with Crippen LogP contribution in [0.4, 0.5) is 11.5 Å². The summed E-state index contributed by atoms with van der Waals surface area (Å²) < 4.78 is 10.7. The highest BCUT2D eigenvalue weighted by atomic mass is 32.1. The number of carbonyl (C=O) groups excluding carboxylic acids is 1. The average Bonchev–Trinajstić information content (AvgIpc) is 2.99. The highest BCUT2D eigenvalue weighted by Crippen LogP contribution is 2.35. The van der Waals surface area contributed by atoms with E-state index >= 15 is 0 Å². The van der Waals surface area contributed by atoms with Crippen molar-refractivity contribution in [3.05, 3.63) is 41.0 Å². The number of nitrogens with one attached hydrogen (secondary N) is 1. The van der Waals surface area contributed by atoms with Crippen LogP contribution in [0.5, 0.6) is 5.75 Å². The zero-order valence-electron chi connectivity index (χ0n) is 15.0. The number of aromatic nitrogens is 2. The average molecular weight is 371 g/mol. The first-order valence-corrected chi connectivity index (χ1v) is 9.36. The van der Waals surface area contributed by atoms with Crippen LogP contribution in [0.1, 0.15) is 35.5 Å². The van der Waals surface area contributed by atoms with Crippen LogP contribution < -0.4 is 10.1 Å². The van der Waals surface area contributed by atoms with Crippen molar-refractivity contribution >= 4 is 39.0 Å². The van der Waals surface area contributed by atoms with Gasteiger partial charge in [0.05, 0.1) is 18.6 Å². The van der Waals surface area contributed by atoms with E-state index in [2.05, 4.69) is 22.2 Å². The maximum Gasteiger partial charge on any atom is 0.348 e. The number of fused-ring (bicyclic) bond motifs is 1. The molecule has 0 atom stereocenters. The van der Waals surface area contributed by atoms with E-state index in [-0.39, 0.29) is 5.97 Å². The second-order valence-corrected chi connectivity index (χ2v) is 6.68. The molecule has 0 radical (unpaired) electrons. The Labute approximate surface area is 156 Å². The number of hydrogen-bond acceptors (Lipinski definition) is 7. The molecule has 0 unspecified atom stereocenters. The summed E-state index contributed by atoms with van der Waals surface area (Å²) in [5.74, 6) is 1.18. The smallest absolute Gasteiger partial charge is 0.348 e. The molecule has 0 spiro atoms. The molecule has 136 valence electrons. The molecule has 6 nitrogen and oxygen atoms in total. The molecule has 0 bridgehead atoms. The fourth-order valence-corrected chi connectivity index (χ4v) is 3.59. The van der Waals surface area contributed by atoms with Gasteiger partial charge in [0.2, 0.25) is 0 Å². The first-order chi connectivity index (χ1) is 12.6. The van der Waals surface area contributed by atoms with Gasteiger partial charge in [0.15, 0.2) is 0 Å². The minimum atomic E-state index is -0.323. The van der Waals surface area contributed by atoms with E-state index in [9.17, 15) is 4.79 Å². The highest BCUT2D eigenvalue weighted by molar-refractivity contribution is 7.20. The van der Waals surface area contributed by atoms with Crippen LogP contribution in [0.3, 0.4) is 0 Å². The molecule has 2 heterocycles. The molecular weight excluding hydrogens is 350 g/mol. The van der Waals surface area contributed by atoms with Crippen LogP contribution in [0.15, 0.2) is 30.6 Å². The second kappa shape index (κ2) is 8.14. The fraction of sp³-hybridized carbons (Fsp3) is 0.316. The van der Waals surface area contributed by atoms with E-state index in [0.29, 0.717) is 23.9 Å². The van der Waals surface area contributed by atoms with Gasteiger partial charge in [-0.15, -0.1) is 11.3 Å². The van der Waals surface area contributed by atoms with Crippen LogP contribution in [-0.4, -0.2) is 29.2 Å². The first-order valence-electron chi connectivity index (χ1n) is 8.55. The number of aryl methyl sites for hydroxylation is 1. The number of ether oxygens (including phenoxy) is 2. The Balaban J connectivity index is 1.89. The van der Waals surface area contributed by atoms with Crippen LogP contribution in [0.2, 0.25) is 0 Å². The molecule has 0 fully saturated rings. The Hall–Kier alpha value is -2.67. The third-order valence-electron chi connectivity index (χ3n) is 3.78. The third kappa shape index (κ3) is 3.77. The molecule has 1 aromatic carbocycles. The Morgan fingerprint density at radius 1 is 1.19 bits per heavy atom. The van der Waals surface area contributed by atoms with Gasteiger partial charge in [-0.25, -0.2) is 14.8 Å². The number of benzene rings is 1. The zero-order valence-corrected chi connectivity index (χ0v) is 15.9. The Kier molecular flexibility index (Phi) is 5.68. The van der Waals surface area contributed by atoms with Crippen LogP contribution in [-0.2, 0) is 4.74 Å². The molecule has 0 saturated carbocycles. The molecule has 0 aliphatic rings.